The SMILES string of the molecule is COc1cc(-c2ccc(C(=O)Nc3ccccn3)cc2)cc2cncnc12. The number of fused-ring (bicyclic) bond motifs is 1. The van der Waals surface area contributed by atoms with Crippen molar-refractivity contribution < 1.29 is 9.53 Å². The first-order chi connectivity index (χ1) is 13.2. The molecule has 0 radical (unpaired) electrons. The minimum atomic E-state index is -0.204. The minimum Gasteiger partial charge on any atom is -0.494 e. The molecule has 6 nitrogen and oxygen atoms in total. The summed E-state index contributed by atoms with van der Waals surface area (Å²) in [7, 11) is 1.62. The second-order valence-corrected chi connectivity index (χ2v) is 5.89. The number of hydrogen-bond donors (Lipinski definition) is 1. The molecule has 132 valence electrons. The van der Waals surface area contributed by atoms with E-state index in [2.05, 4.69) is 20.3 Å². The van der Waals surface area contributed by atoms with E-state index in [0.717, 1.165) is 22.0 Å². The van der Waals surface area contributed by atoms with Crippen LogP contribution < -0.4 is 10.1 Å². The van der Waals surface area contributed by atoms with Crippen molar-refractivity contribution in [2.75, 3.05) is 12.4 Å². The van der Waals surface area contributed by atoms with E-state index < -0.39 is 0 Å². The number of rotatable bonds is 4. The maximum Gasteiger partial charge on any atom is 0.256 e. The third-order valence-corrected chi connectivity index (χ3v) is 4.18. The number of aromatic nitrogens is 3. The van der Waals surface area contributed by atoms with Crippen molar-refractivity contribution in [1.29, 1.82) is 0 Å². The first-order valence-corrected chi connectivity index (χ1v) is 8.35. The molecule has 2 heterocycles. The van der Waals surface area contributed by atoms with Crippen LogP contribution in [0.1, 0.15) is 10.4 Å². The summed E-state index contributed by atoms with van der Waals surface area (Å²) in [6.45, 7) is 0. The van der Waals surface area contributed by atoms with Crippen molar-refractivity contribution in [3.05, 3.63) is 78.9 Å². The first kappa shape index (κ1) is 16.7. The Labute approximate surface area is 155 Å². The molecule has 0 aliphatic rings. The van der Waals surface area contributed by atoms with Gasteiger partial charge in [-0.25, -0.2) is 15.0 Å². The highest BCUT2D eigenvalue weighted by Gasteiger charge is 2.10. The Bertz CT molecular complexity index is 1100. The fourth-order valence-corrected chi connectivity index (χ4v) is 2.83. The number of carbonyl (C=O) groups excluding carboxylic acids is 1. The van der Waals surface area contributed by atoms with Crippen LogP contribution in [-0.4, -0.2) is 28.0 Å². The fourth-order valence-electron chi connectivity index (χ4n) is 2.83. The first-order valence-electron chi connectivity index (χ1n) is 8.35. The molecule has 0 bridgehead atoms. The number of nitrogens with one attached hydrogen (secondary N) is 1. The average molecular weight is 356 g/mol. The molecule has 1 amide bonds. The summed E-state index contributed by atoms with van der Waals surface area (Å²) in [5.74, 6) is 0.998. The van der Waals surface area contributed by atoms with Crippen LogP contribution in [0.25, 0.3) is 22.0 Å². The Balaban J connectivity index is 1.62. The zero-order valence-electron chi connectivity index (χ0n) is 14.6. The van der Waals surface area contributed by atoms with Crippen molar-refractivity contribution in [2.45, 2.75) is 0 Å². The Morgan fingerprint density at radius 1 is 1.00 bits per heavy atom. The van der Waals surface area contributed by atoms with Crippen LogP contribution in [0.3, 0.4) is 0 Å². The summed E-state index contributed by atoms with van der Waals surface area (Å²) >= 11 is 0. The lowest BCUT2D eigenvalue weighted by Crippen LogP contribution is -2.12. The molecule has 0 fully saturated rings. The molecule has 27 heavy (non-hydrogen) atoms. The van der Waals surface area contributed by atoms with Crippen LogP contribution in [0.5, 0.6) is 5.75 Å². The quantitative estimate of drug-likeness (QED) is 0.599. The molecule has 1 N–H and O–H groups in total. The van der Waals surface area contributed by atoms with E-state index in [1.54, 1.807) is 43.8 Å². The second-order valence-electron chi connectivity index (χ2n) is 5.89. The lowest BCUT2D eigenvalue weighted by Gasteiger charge is -2.09. The lowest BCUT2D eigenvalue weighted by molar-refractivity contribution is 0.102. The Hall–Kier alpha value is -3.80. The number of pyridine rings is 1. The van der Waals surface area contributed by atoms with Crippen LogP contribution >= 0.6 is 0 Å². The van der Waals surface area contributed by atoms with Crippen LogP contribution in [0, 0.1) is 0 Å². The standard InChI is InChI=1S/C21H16N4O2/c1-27-18-11-16(10-17-12-22-13-24-20(17)18)14-5-7-15(8-6-14)21(26)25-19-4-2-3-9-23-19/h2-13H,1H3,(H,23,25,26). The van der Waals surface area contributed by atoms with Crippen molar-refractivity contribution in [3.63, 3.8) is 0 Å². The van der Waals surface area contributed by atoms with Gasteiger partial charge in [0.15, 0.2) is 0 Å². The maximum absolute atomic E-state index is 12.3. The number of hydrogen-bond acceptors (Lipinski definition) is 5. The lowest BCUT2D eigenvalue weighted by atomic mass is 10.0. The highest BCUT2D eigenvalue weighted by atomic mass is 16.5. The number of benzene rings is 2. The highest BCUT2D eigenvalue weighted by molar-refractivity contribution is 6.04. The molecule has 4 rings (SSSR count). The molecule has 0 saturated carbocycles. The maximum atomic E-state index is 12.3. The van der Waals surface area contributed by atoms with Gasteiger partial charge in [-0.1, -0.05) is 18.2 Å². The molecule has 2 aromatic carbocycles. The van der Waals surface area contributed by atoms with Gasteiger partial charge in [0.25, 0.3) is 5.91 Å². The molecule has 0 saturated heterocycles. The monoisotopic (exact) mass is 356 g/mol. The molecule has 2 aromatic heterocycles. The Morgan fingerprint density at radius 3 is 2.59 bits per heavy atom. The summed E-state index contributed by atoms with van der Waals surface area (Å²) in [6, 6.07) is 16.7. The van der Waals surface area contributed by atoms with Crippen molar-refractivity contribution >= 4 is 22.6 Å². The van der Waals surface area contributed by atoms with Gasteiger partial charge in [-0.3, -0.25) is 4.79 Å². The average Bonchev–Trinajstić information content (AvgIpc) is 2.73. The third-order valence-electron chi connectivity index (χ3n) is 4.18. The van der Waals surface area contributed by atoms with Gasteiger partial charge in [0.2, 0.25) is 0 Å². The number of anilines is 1. The van der Waals surface area contributed by atoms with Crippen molar-refractivity contribution in [2.24, 2.45) is 0 Å². The second kappa shape index (κ2) is 7.21. The summed E-state index contributed by atoms with van der Waals surface area (Å²) in [5.41, 5.74) is 3.25. The van der Waals surface area contributed by atoms with E-state index in [4.69, 9.17) is 4.74 Å². The third kappa shape index (κ3) is 3.46. The molecular formula is C21H16N4O2. The predicted octanol–water partition coefficient (Wildman–Crippen LogP) is 3.95. The molecule has 4 aromatic rings. The molecular weight excluding hydrogens is 340 g/mol. The minimum absolute atomic E-state index is 0.204. The zero-order valence-corrected chi connectivity index (χ0v) is 14.6. The predicted molar refractivity (Wildman–Crippen MR) is 104 cm³/mol. The van der Waals surface area contributed by atoms with Gasteiger partial charge in [-0.15, -0.1) is 0 Å². The molecule has 0 spiro atoms. The fraction of sp³-hybridized carbons (Fsp3) is 0.0476. The molecule has 0 aliphatic carbocycles. The number of ether oxygens (including phenoxy) is 1. The van der Waals surface area contributed by atoms with Gasteiger partial charge in [-0.05, 0) is 47.5 Å². The largest absolute Gasteiger partial charge is 0.494 e. The van der Waals surface area contributed by atoms with E-state index in [0.29, 0.717) is 17.1 Å². The van der Waals surface area contributed by atoms with Crippen LogP contribution in [0.2, 0.25) is 0 Å². The normalized spacial score (nSPS) is 10.6. The molecule has 0 atom stereocenters. The Kier molecular flexibility index (Phi) is 4.45. The highest BCUT2D eigenvalue weighted by Crippen LogP contribution is 2.31. The van der Waals surface area contributed by atoms with Gasteiger partial charge >= 0.3 is 0 Å². The van der Waals surface area contributed by atoms with Gasteiger partial charge in [0.1, 0.15) is 23.4 Å². The van der Waals surface area contributed by atoms with Crippen LogP contribution in [0.15, 0.2) is 73.3 Å². The van der Waals surface area contributed by atoms with Gasteiger partial charge < -0.3 is 10.1 Å². The topological polar surface area (TPSA) is 77.0 Å². The van der Waals surface area contributed by atoms with E-state index in [1.807, 2.05) is 30.3 Å². The number of carbonyl (C=O) groups is 1. The van der Waals surface area contributed by atoms with E-state index in [-0.39, 0.29) is 5.91 Å². The smallest absolute Gasteiger partial charge is 0.256 e. The van der Waals surface area contributed by atoms with Crippen molar-refractivity contribution in [3.8, 4) is 16.9 Å². The van der Waals surface area contributed by atoms with E-state index >= 15 is 0 Å². The van der Waals surface area contributed by atoms with Crippen LogP contribution in [-0.2, 0) is 0 Å². The Morgan fingerprint density at radius 2 is 1.85 bits per heavy atom. The van der Waals surface area contributed by atoms with E-state index in [9.17, 15) is 4.79 Å². The summed E-state index contributed by atoms with van der Waals surface area (Å²) < 4.78 is 5.46. The number of methoxy groups -OCH3 is 1. The van der Waals surface area contributed by atoms with Crippen LogP contribution in [0.4, 0.5) is 5.82 Å². The summed E-state index contributed by atoms with van der Waals surface area (Å²) in [5, 5.41) is 3.67. The summed E-state index contributed by atoms with van der Waals surface area (Å²) in [4.78, 5) is 24.8. The van der Waals surface area contributed by atoms with Gasteiger partial charge in [-0.2, -0.15) is 0 Å². The number of amides is 1. The van der Waals surface area contributed by atoms with E-state index in [1.165, 1.54) is 6.33 Å². The zero-order chi connectivity index (χ0) is 18.6. The molecule has 6 heteroatoms. The van der Waals surface area contributed by atoms with Gasteiger partial charge in [0.05, 0.1) is 7.11 Å². The summed E-state index contributed by atoms with van der Waals surface area (Å²) in [6.07, 6.45) is 4.89. The van der Waals surface area contributed by atoms with Crippen molar-refractivity contribution in [1.82, 2.24) is 15.0 Å². The molecule has 0 unspecified atom stereocenters. The molecule has 0 aliphatic heterocycles. The van der Waals surface area contributed by atoms with Gasteiger partial charge in [0, 0.05) is 23.3 Å². The number of nitrogens with zero attached hydrogens (tertiary/aromatic N) is 3.